The van der Waals surface area contributed by atoms with Gasteiger partial charge < -0.3 is 15.0 Å². The van der Waals surface area contributed by atoms with Crippen LogP contribution >= 0.6 is 0 Å². The van der Waals surface area contributed by atoms with Crippen molar-refractivity contribution in [2.45, 2.75) is 43.6 Å². The summed E-state index contributed by atoms with van der Waals surface area (Å²) in [6.07, 6.45) is 4.02. The molecule has 2 atom stereocenters. The third-order valence-electron chi connectivity index (χ3n) is 7.29. The van der Waals surface area contributed by atoms with Gasteiger partial charge in [0.2, 0.25) is 11.8 Å². The van der Waals surface area contributed by atoms with Crippen molar-refractivity contribution >= 4 is 17.5 Å². The molecule has 3 aliphatic rings. The second kappa shape index (κ2) is 7.24. The quantitative estimate of drug-likeness (QED) is 0.801. The molecular weight excluding hydrogens is 376 g/mol. The van der Waals surface area contributed by atoms with Crippen LogP contribution in [0.3, 0.4) is 0 Å². The molecule has 1 spiro atoms. The van der Waals surface area contributed by atoms with Gasteiger partial charge in [0.1, 0.15) is 0 Å². The Morgan fingerprint density at radius 3 is 2.57 bits per heavy atom. The second-order valence-electron chi connectivity index (χ2n) is 8.97. The molecule has 1 saturated heterocycles. The summed E-state index contributed by atoms with van der Waals surface area (Å²) >= 11 is 0. The normalized spacial score (nSPS) is 26.0. The van der Waals surface area contributed by atoms with Gasteiger partial charge in [-0.3, -0.25) is 9.59 Å². The summed E-state index contributed by atoms with van der Waals surface area (Å²) in [5, 5.41) is 3.10. The third-order valence-corrected chi connectivity index (χ3v) is 7.29. The van der Waals surface area contributed by atoms with Gasteiger partial charge >= 0.3 is 0 Å². The Morgan fingerprint density at radius 2 is 1.83 bits per heavy atom. The lowest BCUT2D eigenvalue weighted by Gasteiger charge is -2.36. The van der Waals surface area contributed by atoms with Crippen molar-refractivity contribution in [3.63, 3.8) is 0 Å². The smallest absolute Gasteiger partial charge is 0.237 e. The monoisotopic (exact) mass is 404 g/mol. The first kappa shape index (κ1) is 19.3. The molecule has 1 saturated carbocycles. The first-order valence-electron chi connectivity index (χ1n) is 10.9. The molecule has 0 unspecified atom stereocenters. The number of hydrogen-bond acceptors (Lipinski definition) is 3. The summed E-state index contributed by atoms with van der Waals surface area (Å²) in [5.41, 5.74) is 2.11. The van der Waals surface area contributed by atoms with E-state index in [2.05, 4.69) is 23.5 Å². The number of nitrogens with zero attached hydrogens (tertiary/aromatic N) is 1. The highest BCUT2D eigenvalue weighted by Gasteiger charge is 2.62. The summed E-state index contributed by atoms with van der Waals surface area (Å²) in [6, 6.07) is 18.1. The van der Waals surface area contributed by atoms with Gasteiger partial charge in [-0.05, 0) is 49.3 Å². The summed E-state index contributed by atoms with van der Waals surface area (Å²) < 4.78 is 5.38. The third kappa shape index (κ3) is 2.87. The Balaban J connectivity index is 1.51. The SMILES string of the molecule is COCC1(C(=O)N2CC[C@]3(C(=O)Nc4ccccc43)[C@@H]2CCc2ccccc2)CC1. The Morgan fingerprint density at radius 1 is 1.10 bits per heavy atom. The number of hydrogen-bond donors (Lipinski definition) is 1. The van der Waals surface area contributed by atoms with Crippen LogP contribution in [-0.4, -0.2) is 43.0 Å². The van der Waals surface area contributed by atoms with E-state index in [1.807, 2.05) is 41.3 Å². The number of fused-ring (bicyclic) bond motifs is 2. The number of carbonyl (C=O) groups excluding carboxylic acids is 2. The fourth-order valence-corrected chi connectivity index (χ4v) is 5.55. The van der Waals surface area contributed by atoms with Crippen molar-refractivity contribution in [2.75, 3.05) is 25.6 Å². The zero-order chi connectivity index (χ0) is 20.8. The minimum Gasteiger partial charge on any atom is -0.384 e. The number of methoxy groups -OCH3 is 1. The Labute approximate surface area is 177 Å². The molecule has 2 aromatic carbocycles. The van der Waals surface area contributed by atoms with Crippen molar-refractivity contribution in [3.05, 3.63) is 65.7 Å². The van der Waals surface area contributed by atoms with Crippen LogP contribution in [0.5, 0.6) is 0 Å². The number of likely N-dealkylation sites (tertiary alicyclic amines) is 1. The molecular formula is C25H28N2O3. The fraction of sp³-hybridized carbons (Fsp3) is 0.440. The number of ether oxygens (including phenoxy) is 1. The topological polar surface area (TPSA) is 58.6 Å². The number of nitrogens with one attached hydrogen (secondary N) is 1. The maximum absolute atomic E-state index is 13.6. The molecule has 1 N–H and O–H groups in total. The van der Waals surface area contributed by atoms with E-state index in [9.17, 15) is 9.59 Å². The number of benzene rings is 2. The van der Waals surface area contributed by atoms with Crippen LogP contribution in [0.2, 0.25) is 0 Å². The zero-order valence-corrected chi connectivity index (χ0v) is 17.4. The highest BCUT2D eigenvalue weighted by molar-refractivity contribution is 6.07. The second-order valence-corrected chi connectivity index (χ2v) is 8.97. The molecule has 0 radical (unpaired) electrons. The fourth-order valence-electron chi connectivity index (χ4n) is 5.55. The molecule has 2 fully saturated rings. The molecule has 2 heterocycles. The summed E-state index contributed by atoms with van der Waals surface area (Å²) in [6.45, 7) is 1.08. The minimum atomic E-state index is -0.663. The van der Waals surface area contributed by atoms with Gasteiger partial charge in [-0.25, -0.2) is 0 Å². The van der Waals surface area contributed by atoms with Gasteiger partial charge in [-0.2, -0.15) is 0 Å². The molecule has 5 nitrogen and oxygen atoms in total. The average Bonchev–Trinajstić information content (AvgIpc) is 3.37. The van der Waals surface area contributed by atoms with E-state index in [1.54, 1.807) is 7.11 Å². The summed E-state index contributed by atoms with van der Waals surface area (Å²) in [7, 11) is 1.66. The number of para-hydroxylation sites is 1. The Hall–Kier alpha value is -2.66. The number of amides is 2. The Bertz CT molecular complexity index is 969. The van der Waals surface area contributed by atoms with Crippen molar-refractivity contribution < 1.29 is 14.3 Å². The molecule has 2 aliphatic heterocycles. The molecule has 156 valence electrons. The molecule has 30 heavy (non-hydrogen) atoms. The predicted molar refractivity (Wildman–Crippen MR) is 115 cm³/mol. The van der Waals surface area contributed by atoms with Gasteiger partial charge in [0, 0.05) is 19.3 Å². The van der Waals surface area contributed by atoms with Crippen LogP contribution in [-0.2, 0) is 26.2 Å². The number of carbonyl (C=O) groups is 2. The molecule has 5 rings (SSSR count). The van der Waals surface area contributed by atoms with Crippen LogP contribution in [0.4, 0.5) is 5.69 Å². The summed E-state index contributed by atoms with van der Waals surface area (Å²) in [5.74, 6) is 0.199. The van der Waals surface area contributed by atoms with E-state index < -0.39 is 5.41 Å². The van der Waals surface area contributed by atoms with Crippen LogP contribution in [0, 0.1) is 5.41 Å². The van der Waals surface area contributed by atoms with Crippen LogP contribution in [0.25, 0.3) is 0 Å². The van der Waals surface area contributed by atoms with Gasteiger partial charge in [0.25, 0.3) is 0 Å². The molecule has 0 bridgehead atoms. The lowest BCUT2D eigenvalue weighted by atomic mass is 9.73. The maximum atomic E-state index is 13.6. The van der Waals surface area contributed by atoms with Crippen molar-refractivity contribution in [2.24, 2.45) is 5.41 Å². The van der Waals surface area contributed by atoms with Crippen LogP contribution < -0.4 is 5.32 Å². The van der Waals surface area contributed by atoms with Gasteiger partial charge in [0.05, 0.1) is 23.5 Å². The first-order chi connectivity index (χ1) is 14.6. The molecule has 2 amide bonds. The lowest BCUT2D eigenvalue weighted by molar-refractivity contribution is -0.141. The van der Waals surface area contributed by atoms with E-state index in [0.717, 1.165) is 36.9 Å². The zero-order valence-electron chi connectivity index (χ0n) is 17.4. The first-order valence-corrected chi connectivity index (χ1v) is 10.9. The number of aryl methyl sites for hydroxylation is 1. The highest BCUT2D eigenvalue weighted by Crippen LogP contribution is 2.53. The number of anilines is 1. The van der Waals surface area contributed by atoms with Gasteiger partial charge in [-0.1, -0.05) is 48.5 Å². The molecule has 1 aliphatic carbocycles. The molecule has 5 heteroatoms. The van der Waals surface area contributed by atoms with Crippen LogP contribution in [0.15, 0.2) is 54.6 Å². The van der Waals surface area contributed by atoms with Crippen molar-refractivity contribution in [3.8, 4) is 0 Å². The molecule has 0 aromatic heterocycles. The van der Waals surface area contributed by atoms with Gasteiger partial charge in [-0.15, -0.1) is 0 Å². The largest absolute Gasteiger partial charge is 0.384 e. The maximum Gasteiger partial charge on any atom is 0.237 e. The van der Waals surface area contributed by atoms with E-state index in [-0.39, 0.29) is 23.3 Å². The average molecular weight is 405 g/mol. The standard InChI is InChI=1S/C25H28N2O3/c1-30-17-24(13-14-24)23(29)27-16-15-25(19-9-5-6-10-20(19)26-22(25)28)21(27)12-11-18-7-3-2-4-8-18/h2-10,21H,11-17H2,1H3,(H,26,28)/t21-,25+/m0/s1. The van der Waals surface area contributed by atoms with Gasteiger partial charge in [0.15, 0.2) is 0 Å². The summed E-state index contributed by atoms with van der Waals surface area (Å²) in [4.78, 5) is 29.0. The van der Waals surface area contributed by atoms with Crippen LogP contribution in [0.1, 0.15) is 36.8 Å². The lowest BCUT2D eigenvalue weighted by Crippen LogP contribution is -2.51. The number of rotatable bonds is 6. The minimum absolute atomic E-state index is 0.0358. The van der Waals surface area contributed by atoms with Crippen molar-refractivity contribution in [1.82, 2.24) is 4.90 Å². The highest BCUT2D eigenvalue weighted by atomic mass is 16.5. The van der Waals surface area contributed by atoms with E-state index in [0.29, 0.717) is 19.6 Å². The van der Waals surface area contributed by atoms with E-state index >= 15 is 0 Å². The van der Waals surface area contributed by atoms with E-state index in [1.165, 1.54) is 5.56 Å². The molecule has 2 aromatic rings. The van der Waals surface area contributed by atoms with Crippen molar-refractivity contribution in [1.29, 1.82) is 0 Å². The predicted octanol–water partition coefficient (Wildman–Crippen LogP) is 3.54. The van der Waals surface area contributed by atoms with E-state index in [4.69, 9.17) is 4.74 Å². The Kier molecular flexibility index (Phi) is 4.66.